The number of aryl methyl sites for hydroxylation is 1. The highest BCUT2D eigenvalue weighted by atomic mass is 19.1. The molecule has 5 heteroatoms. The highest BCUT2D eigenvalue weighted by molar-refractivity contribution is 5.81. The molecule has 1 unspecified atom stereocenters. The van der Waals surface area contributed by atoms with Gasteiger partial charge in [0.05, 0.1) is 6.54 Å². The van der Waals surface area contributed by atoms with Crippen LogP contribution in [0, 0.1) is 12.7 Å². The van der Waals surface area contributed by atoms with Gasteiger partial charge in [-0.15, -0.1) is 0 Å². The number of ether oxygens (including phenoxy) is 1. The Kier molecular flexibility index (Phi) is 4.46. The normalized spacial score (nSPS) is 16.7. The minimum Gasteiger partial charge on any atom is -0.457 e. The number of nitrogens with one attached hydrogen (secondary N) is 2. The van der Waals surface area contributed by atoms with Crippen LogP contribution in [0.5, 0.6) is 11.5 Å². The van der Waals surface area contributed by atoms with Gasteiger partial charge in [0, 0.05) is 12.6 Å². The maximum Gasteiger partial charge on any atom is 0.191 e. The van der Waals surface area contributed by atoms with Gasteiger partial charge in [0.25, 0.3) is 0 Å². The van der Waals surface area contributed by atoms with Crippen molar-refractivity contribution in [1.29, 1.82) is 0 Å². The SMILES string of the molecule is Cc1cc(CNC2=NCC(C)N2)ccc1Oc1ccc(F)cc1. The van der Waals surface area contributed by atoms with Crippen molar-refractivity contribution in [2.24, 2.45) is 4.99 Å². The first-order valence-corrected chi connectivity index (χ1v) is 7.68. The fourth-order valence-electron chi connectivity index (χ4n) is 2.41. The van der Waals surface area contributed by atoms with Crippen molar-refractivity contribution in [1.82, 2.24) is 10.6 Å². The Morgan fingerprint density at radius 3 is 2.70 bits per heavy atom. The third-order valence-electron chi connectivity index (χ3n) is 3.65. The van der Waals surface area contributed by atoms with Gasteiger partial charge in [-0.05, 0) is 55.3 Å². The Balaban J connectivity index is 1.62. The molecule has 1 aliphatic heterocycles. The molecule has 1 atom stereocenters. The van der Waals surface area contributed by atoms with E-state index >= 15 is 0 Å². The highest BCUT2D eigenvalue weighted by Gasteiger charge is 2.11. The molecule has 3 rings (SSSR count). The van der Waals surface area contributed by atoms with Gasteiger partial charge in [-0.25, -0.2) is 4.39 Å². The van der Waals surface area contributed by atoms with Gasteiger partial charge in [-0.3, -0.25) is 4.99 Å². The zero-order chi connectivity index (χ0) is 16.2. The number of hydrogen-bond acceptors (Lipinski definition) is 4. The molecule has 23 heavy (non-hydrogen) atoms. The van der Waals surface area contributed by atoms with Crippen LogP contribution in [0.25, 0.3) is 0 Å². The molecular formula is C18H20FN3O. The summed E-state index contributed by atoms with van der Waals surface area (Å²) in [6, 6.07) is 12.4. The molecule has 0 fully saturated rings. The van der Waals surface area contributed by atoms with Crippen molar-refractivity contribution < 1.29 is 9.13 Å². The van der Waals surface area contributed by atoms with E-state index < -0.39 is 0 Å². The van der Waals surface area contributed by atoms with Crippen molar-refractivity contribution in [2.75, 3.05) is 6.54 Å². The molecule has 0 aliphatic carbocycles. The zero-order valence-corrected chi connectivity index (χ0v) is 13.3. The number of nitrogens with zero attached hydrogens (tertiary/aromatic N) is 1. The van der Waals surface area contributed by atoms with Crippen molar-refractivity contribution in [2.45, 2.75) is 26.4 Å². The van der Waals surface area contributed by atoms with Crippen LogP contribution < -0.4 is 15.4 Å². The minimum absolute atomic E-state index is 0.270. The standard InChI is InChI=1S/C18H20FN3O/c1-12-9-14(11-21-18-20-10-13(2)22-18)3-8-17(12)23-16-6-4-15(19)5-7-16/h3-9,13H,10-11H2,1-2H3,(H2,20,21,22). The number of benzene rings is 2. The second kappa shape index (κ2) is 6.69. The van der Waals surface area contributed by atoms with E-state index in [1.807, 2.05) is 19.1 Å². The smallest absolute Gasteiger partial charge is 0.191 e. The Morgan fingerprint density at radius 2 is 2.04 bits per heavy atom. The van der Waals surface area contributed by atoms with Crippen LogP contribution in [0.3, 0.4) is 0 Å². The van der Waals surface area contributed by atoms with Crippen molar-refractivity contribution in [3.63, 3.8) is 0 Å². The monoisotopic (exact) mass is 313 g/mol. The maximum absolute atomic E-state index is 12.9. The summed E-state index contributed by atoms with van der Waals surface area (Å²) in [5.41, 5.74) is 2.18. The van der Waals surface area contributed by atoms with Crippen molar-refractivity contribution in [3.05, 3.63) is 59.4 Å². The van der Waals surface area contributed by atoms with E-state index in [9.17, 15) is 4.39 Å². The summed E-state index contributed by atoms with van der Waals surface area (Å²) in [4.78, 5) is 4.37. The number of rotatable bonds is 4. The summed E-state index contributed by atoms with van der Waals surface area (Å²) in [6.07, 6.45) is 0. The topological polar surface area (TPSA) is 45.7 Å². The van der Waals surface area contributed by atoms with Gasteiger partial charge < -0.3 is 15.4 Å². The first-order valence-electron chi connectivity index (χ1n) is 7.68. The third-order valence-corrected chi connectivity index (χ3v) is 3.65. The molecule has 0 aromatic heterocycles. The highest BCUT2D eigenvalue weighted by Crippen LogP contribution is 2.25. The van der Waals surface area contributed by atoms with Gasteiger partial charge in [-0.1, -0.05) is 12.1 Å². The van der Waals surface area contributed by atoms with E-state index in [0.29, 0.717) is 18.3 Å². The Labute approximate surface area is 135 Å². The average Bonchev–Trinajstić information content (AvgIpc) is 2.95. The van der Waals surface area contributed by atoms with Gasteiger partial charge in [0.1, 0.15) is 17.3 Å². The number of hydrogen-bond donors (Lipinski definition) is 2. The number of guanidine groups is 1. The number of aliphatic imine (C=N–C) groups is 1. The van der Waals surface area contributed by atoms with Crippen LogP contribution in [0.4, 0.5) is 4.39 Å². The van der Waals surface area contributed by atoms with E-state index in [2.05, 4.69) is 28.6 Å². The summed E-state index contributed by atoms with van der Waals surface area (Å²) in [5.74, 6) is 1.97. The van der Waals surface area contributed by atoms with Crippen LogP contribution in [-0.2, 0) is 6.54 Å². The van der Waals surface area contributed by atoms with Crippen LogP contribution in [0.1, 0.15) is 18.1 Å². The molecule has 1 aliphatic rings. The molecule has 0 amide bonds. The van der Waals surface area contributed by atoms with E-state index in [0.717, 1.165) is 29.4 Å². The predicted octanol–water partition coefficient (Wildman–Crippen LogP) is 3.36. The summed E-state index contributed by atoms with van der Waals surface area (Å²) in [5, 5.41) is 6.56. The summed E-state index contributed by atoms with van der Waals surface area (Å²) in [7, 11) is 0. The zero-order valence-electron chi connectivity index (χ0n) is 13.3. The van der Waals surface area contributed by atoms with E-state index in [1.165, 1.54) is 12.1 Å². The maximum atomic E-state index is 12.9. The lowest BCUT2D eigenvalue weighted by atomic mass is 10.1. The average molecular weight is 313 g/mol. The first kappa shape index (κ1) is 15.3. The molecule has 1 heterocycles. The van der Waals surface area contributed by atoms with Crippen LogP contribution in [0.15, 0.2) is 47.5 Å². The van der Waals surface area contributed by atoms with E-state index in [4.69, 9.17) is 4.74 Å². The molecular weight excluding hydrogens is 293 g/mol. The lowest BCUT2D eigenvalue weighted by Gasteiger charge is -2.12. The molecule has 2 N–H and O–H groups in total. The Hall–Kier alpha value is -2.56. The quantitative estimate of drug-likeness (QED) is 0.910. The predicted molar refractivity (Wildman–Crippen MR) is 89.4 cm³/mol. The number of halogens is 1. The largest absolute Gasteiger partial charge is 0.457 e. The first-order chi connectivity index (χ1) is 11.1. The Bertz CT molecular complexity index is 713. The van der Waals surface area contributed by atoms with Gasteiger partial charge in [0.15, 0.2) is 5.96 Å². The van der Waals surface area contributed by atoms with E-state index in [-0.39, 0.29) is 5.82 Å². The van der Waals surface area contributed by atoms with Crippen molar-refractivity contribution >= 4 is 5.96 Å². The molecule has 2 aromatic rings. The molecule has 4 nitrogen and oxygen atoms in total. The fourth-order valence-corrected chi connectivity index (χ4v) is 2.41. The van der Waals surface area contributed by atoms with E-state index in [1.54, 1.807) is 12.1 Å². The molecule has 0 radical (unpaired) electrons. The lowest BCUT2D eigenvalue weighted by molar-refractivity contribution is 0.476. The van der Waals surface area contributed by atoms with Gasteiger partial charge in [-0.2, -0.15) is 0 Å². The van der Waals surface area contributed by atoms with Gasteiger partial charge in [0.2, 0.25) is 0 Å². The molecule has 2 aromatic carbocycles. The van der Waals surface area contributed by atoms with Gasteiger partial charge >= 0.3 is 0 Å². The van der Waals surface area contributed by atoms with Crippen LogP contribution >= 0.6 is 0 Å². The molecule has 0 saturated heterocycles. The van der Waals surface area contributed by atoms with Crippen LogP contribution in [-0.4, -0.2) is 18.5 Å². The second-order valence-corrected chi connectivity index (χ2v) is 5.74. The second-order valence-electron chi connectivity index (χ2n) is 5.74. The minimum atomic E-state index is -0.270. The molecule has 0 bridgehead atoms. The van der Waals surface area contributed by atoms with Crippen LogP contribution in [0.2, 0.25) is 0 Å². The summed E-state index contributed by atoms with van der Waals surface area (Å²) >= 11 is 0. The summed E-state index contributed by atoms with van der Waals surface area (Å²) in [6.45, 7) is 5.61. The molecule has 0 spiro atoms. The summed E-state index contributed by atoms with van der Waals surface area (Å²) < 4.78 is 18.7. The lowest BCUT2D eigenvalue weighted by Crippen LogP contribution is -2.37. The van der Waals surface area contributed by atoms with Crippen molar-refractivity contribution in [3.8, 4) is 11.5 Å². The third kappa shape index (κ3) is 4.00. The Morgan fingerprint density at radius 1 is 1.26 bits per heavy atom. The molecule has 0 saturated carbocycles. The molecule has 120 valence electrons. The fraction of sp³-hybridized carbons (Fsp3) is 0.278.